The van der Waals surface area contributed by atoms with Gasteiger partial charge in [0.15, 0.2) is 0 Å². The molecule has 0 fully saturated rings. The molecule has 0 aliphatic rings. The number of hydrogen-bond acceptors (Lipinski definition) is 2. The van der Waals surface area contributed by atoms with E-state index in [0.717, 1.165) is 0 Å². The molecule has 0 aliphatic heterocycles. The standard InChI is InChI=1S/C8F12N2/c9-1-2(21-4(11)22-3(1)10)5(12,7(15,16)17)6(13,14)8(18,19)20. The lowest BCUT2D eigenvalue weighted by atomic mass is 9.91. The smallest absolute Gasteiger partial charge is 0.219 e. The van der Waals surface area contributed by atoms with Crippen molar-refractivity contribution in [2.24, 2.45) is 0 Å². The molecule has 0 aliphatic carbocycles. The Kier molecular flexibility index (Phi) is 4.05. The average Bonchev–Trinajstić information content (AvgIpc) is 2.29. The zero-order chi connectivity index (χ0) is 17.7. The van der Waals surface area contributed by atoms with Crippen LogP contribution in [0.1, 0.15) is 5.69 Å². The quantitative estimate of drug-likeness (QED) is 0.460. The van der Waals surface area contributed by atoms with Gasteiger partial charge in [-0.25, -0.2) is 4.39 Å². The van der Waals surface area contributed by atoms with Crippen LogP contribution in [-0.4, -0.2) is 28.2 Å². The zero-order valence-corrected chi connectivity index (χ0v) is 9.43. The van der Waals surface area contributed by atoms with Gasteiger partial charge in [-0.2, -0.15) is 58.3 Å². The summed E-state index contributed by atoms with van der Waals surface area (Å²) in [6, 6.07) is 0. The molecule has 0 saturated heterocycles. The van der Waals surface area contributed by atoms with Gasteiger partial charge in [-0.05, 0) is 0 Å². The van der Waals surface area contributed by atoms with Gasteiger partial charge in [-0.1, -0.05) is 0 Å². The summed E-state index contributed by atoms with van der Waals surface area (Å²) in [5.74, 6) is -13.4. The Hall–Kier alpha value is -1.76. The molecule has 1 heterocycles. The molecule has 14 heteroatoms. The maximum atomic E-state index is 13.7. The highest BCUT2D eigenvalue weighted by molar-refractivity contribution is 5.22. The Morgan fingerprint density at radius 1 is 0.636 bits per heavy atom. The van der Waals surface area contributed by atoms with Gasteiger partial charge in [-0.15, -0.1) is 0 Å². The highest BCUT2D eigenvalue weighted by atomic mass is 19.4. The van der Waals surface area contributed by atoms with Crippen LogP contribution in [-0.2, 0) is 5.67 Å². The molecule has 126 valence electrons. The minimum absolute atomic E-state index is 1.58. The summed E-state index contributed by atoms with van der Waals surface area (Å²) in [6.45, 7) is 0. The maximum absolute atomic E-state index is 13.7. The molecule has 1 atom stereocenters. The van der Waals surface area contributed by atoms with Crippen molar-refractivity contribution < 1.29 is 52.7 Å². The lowest BCUT2D eigenvalue weighted by Crippen LogP contribution is -2.60. The van der Waals surface area contributed by atoms with E-state index in [2.05, 4.69) is 0 Å². The minimum Gasteiger partial charge on any atom is -0.219 e. The van der Waals surface area contributed by atoms with Gasteiger partial charge in [0.1, 0.15) is 5.69 Å². The summed E-state index contributed by atoms with van der Waals surface area (Å²) in [6.07, 6.45) is -17.0. The third kappa shape index (κ3) is 2.43. The summed E-state index contributed by atoms with van der Waals surface area (Å²) in [7, 11) is 0. The first-order valence-electron chi connectivity index (χ1n) is 4.66. The first-order valence-corrected chi connectivity index (χ1v) is 4.66. The van der Waals surface area contributed by atoms with E-state index in [4.69, 9.17) is 0 Å². The summed E-state index contributed by atoms with van der Waals surface area (Å²) in [5.41, 5.74) is -10.3. The van der Waals surface area contributed by atoms with Crippen molar-refractivity contribution in [3.63, 3.8) is 0 Å². The maximum Gasteiger partial charge on any atom is 0.457 e. The van der Waals surface area contributed by atoms with Gasteiger partial charge in [0.25, 0.3) is 5.95 Å². The van der Waals surface area contributed by atoms with E-state index in [-0.39, 0.29) is 0 Å². The number of halogens is 12. The molecule has 0 saturated carbocycles. The normalized spacial score (nSPS) is 16.5. The number of nitrogens with zero attached hydrogens (tertiary/aromatic N) is 2. The number of rotatable bonds is 2. The van der Waals surface area contributed by atoms with E-state index in [1.54, 1.807) is 9.97 Å². The van der Waals surface area contributed by atoms with Crippen LogP contribution in [0.15, 0.2) is 0 Å². The van der Waals surface area contributed by atoms with Gasteiger partial charge in [0.05, 0.1) is 0 Å². The second-order valence-electron chi connectivity index (χ2n) is 3.67. The molecule has 0 amide bonds. The van der Waals surface area contributed by atoms with E-state index in [0.29, 0.717) is 0 Å². The topological polar surface area (TPSA) is 25.8 Å². The van der Waals surface area contributed by atoms with E-state index >= 15 is 0 Å². The molecule has 0 spiro atoms. The van der Waals surface area contributed by atoms with Gasteiger partial charge >= 0.3 is 30.0 Å². The Balaban J connectivity index is 3.85. The Bertz CT molecular complexity index is 576. The van der Waals surface area contributed by atoms with Crippen molar-refractivity contribution in [2.75, 3.05) is 0 Å². The van der Waals surface area contributed by atoms with Crippen molar-refractivity contribution in [3.05, 3.63) is 23.5 Å². The second-order valence-corrected chi connectivity index (χ2v) is 3.67. The largest absolute Gasteiger partial charge is 0.457 e. The van der Waals surface area contributed by atoms with Crippen molar-refractivity contribution in [1.29, 1.82) is 0 Å². The summed E-state index contributed by atoms with van der Waals surface area (Å²) >= 11 is 0. The fourth-order valence-electron chi connectivity index (χ4n) is 1.28. The highest BCUT2D eigenvalue weighted by Gasteiger charge is 2.83. The molecule has 0 aromatic carbocycles. The first-order chi connectivity index (χ1) is 9.57. The Morgan fingerprint density at radius 3 is 1.45 bits per heavy atom. The van der Waals surface area contributed by atoms with Crippen LogP contribution in [0.2, 0.25) is 0 Å². The van der Waals surface area contributed by atoms with E-state index < -0.39 is 47.5 Å². The third-order valence-corrected chi connectivity index (χ3v) is 2.29. The molecule has 1 aromatic heterocycles. The fraction of sp³-hybridized carbons (Fsp3) is 0.500. The van der Waals surface area contributed by atoms with Crippen LogP contribution in [0.3, 0.4) is 0 Å². The van der Waals surface area contributed by atoms with E-state index in [9.17, 15) is 52.7 Å². The Morgan fingerprint density at radius 2 is 1.09 bits per heavy atom. The number of aromatic nitrogens is 2. The fourth-order valence-corrected chi connectivity index (χ4v) is 1.28. The van der Waals surface area contributed by atoms with Crippen molar-refractivity contribution in [1.82, 2.24) is 9.97 Å². The van der Waals surface area contributed by atoms with Crippen LogP contribution in [0.5, 0.6) is 0 Å². The first kappa shape index (κ1) is 18.3. The number of hydrogen-bond donors (Lipinski definition) is 0. The zero-order valence-electron chi connectivity index (χ0n) is 9.43. The lowest BCUT2D eigenvalue weighted by Gasteiger charge is -2.35. The molecule has 0 N–H and O–H groups in total. The minimum atomic E-state index is -7.30. The predicted molar refractivity (Wildman–Crippen MR) is 41.7 cm³/mol. The Labute approximate surface area is 111 Å². The van der Waals surface area contributed by atoms with Crippen molar-refractivity contribution >= 4 is 0 Å². The van der Waals surface area contributed by atoms with Crippen molar-refractivity contribution in [2.45, 2.75) is 23.9 Å². The molecule has 22 heavy (non-hydrogen) atoms. The van der Waals surface area contributed by atoms with E-state index in [1.165, 1.54) is 0 Å². The van der Waals surface area contributed by atoms with Crippen LogP contribution >= 0.6 is 0 Å². The highest BCUT2D eigenvalue weighted by Crippen LogP contribution is 2.58. The second kappa shape index (κ2) is 4.87. The van der Waals surface area contributed by atoms with Gasteiger partial charge in [-0.3, -0.25) is 0 Å². The SMILES string of the molecule is Fc1nc(F)c(F)c(C(F)(C(F)(F)F)C(F)(F)C(F)(F)F)n1. The monoisotopic (exact) mass is 352 g/mol. The molecule has 1 aromatic rings. The summed E-state index contributed by atoms with van der Waals surface area (Å²) in [5, 5.41) is 0. The molecular weight excluding hydrogens is 352 g/mol. The van der Waals surface area contributed by atoms with Gasteiger partial charge < -0.3 is 0 Å². The molecular formula is C8F12N2. The van der Waals surface area contributed by atoms with Gasteiger partial charge in [0, 0.05) is 0 Å². The lowest BCUT2D eigenvalue weighted by molar-refractivity contribution is -0.390. The van der Waals surface area contributed by atoms with Gasteiger partial charge in [0.2, 0.25) is 5.82 Å². The summed E-state index contributed by atoms with van der Waals surface area (Å²) < 4.78 is 151. The average molecular weight is 352 g/mol. The summed E-state index contributed by atoms with van der Waals surface area (Å²) in [4.78, 5) is 3.38. The van der Waals surface area contributed by atoms with Crippen molar-refractivity contribution in [3.8, 4) is 0 Å². The molecule has 0 radical (unpaired) electrons. The molecule has 1 rings (SSSR count). The van der Waals surface area contributed by atoms with Crippen LogP contribution in [0, 0.1) is 17.8 Å². The predicted octanol–water partition coefficient (Wildman–Crippen LogP) is 3.82. The molecule has 1 unspecified atom stereocenters. The van der Waals surface area contributed by atoms with Crippen LogP contribution < -0.4 is 0 Å². The van der Waals surface area contributed by atoms with E-state index in [1.807, 2.05) is 0 Å². The third-order valence-electron chi connectivity index (χ3n) is 2.29. The van der Waals surface area contributed by atoms with Crippen LogP contribution in [0.25, 0.3) is 0 Å². The number of alkyl halides is 9. The van der Waals surface area contributed by atoms with Crippen LogP contribution in [0.4, 0.5) is 52.7 Å². The molecule has 0 bridgehead atoms. The molecule has 2 nitrogen and oxygen atoms in total.